The van der Waals surface area contributed by atoms with Crippen LogP contribution in [0.5, 0.6) is 11.5 Å². The van der Waals surface area contributed by atoms with Crippen LogP contribution in [0.2, 0.25) is 0 Å². The minimum Gasteiger partial charge on any atom is -0.508 e. The molecule has 0 radical (unpaired) electrons. The molecule has 47 heavy (non-hydrogen) atoms. The standard InChI is InChI=1S/C17H25NO3.C16H23NO3.C2HF3O/c1-3-7-18-10-13(11-19)21-17-9-14-12(8-15(17)18)5-4-6-16(14)20-2;1-2-6-17-9-12(10-18)20-16-8-13-11(7-14(16)17)4-3-5-15(13)19;3-2(4,5)1-6/h4-6,13,15,17,19H,3,7-11H2,1-2H3;3-5,12,14,16,18-19H,2,6-10H2,1H3;1H/t13-,15+,17+;12-,14+,16+;/m00./s1. The van der Waals surface area contributed by atoms with Crippen LogP contribution in [0.25, 0.3) is 0 Å². The first-order valence-electron chi connectivity index (χ1n) is 16.5. The number of hydrogen-bond donors (Lipinski definition) is 3. The Morgan fingerprint density at radius 2 is 1.30 bits per heavy atom. The van der Waals surface area contributed by atoms with E-state index in [2.05, 4.69) is 41.8 Å². The molecule has 0 unspecified atom stereocenters. The Morgan fingerprint density at radius 1 is 0.830 bits per heavy atom. The summed E-state index contributed by atoms with van der Waals surface area (Å²) in [7, 11) is 1.73. The SMILES string of the molecule is CCCN1C[C@@H](CO)O[C@@H]2Cc3c(O)cccc3C[C@H]21.CCCN1C[C@@H](CO)O[C@@H]2Cc3c(cccc3OC)C[C@H]21.O=CC(F)(F)F. The summed E-state index contributed by atoms with van der Waals surface area (Å²) in [5.41, 5.74) is 4.90. The molecule has 2 heterocycles. The Morgan fingerprint density at radius 3 is 1.74 bits per heavy atom. The fourth-order valence-corrected chi connectivity index (χ4v) is 7.33. The van der Waals surface area contributed by atoms with Crippen molar-refractivity contribution in [3.05, 3.63) is 58.7 Å². The molecular formula is C35H49F3N2O7. The van der Waals surface area contributed by atoms with E-state index in [9.17, 15) is 28.5 Å². The third kappa shape index (κ3) is 9.45. The monoisotopic (exact) mass is 666 g/mol. The van der Waals surface area contributed by atoms with Gasteiger partial charge in [-0.3, -0.25) is 14.6 Å². The number of aromatic hydroxyl groups is 1. The number of phenolic OH excluding ortho intramolecular Hbond substituents is 1. The molecule has 6 atom stereocenters. The number of methoxy groups -OCH3 is 1. The normalized spacial score (nSPS) is 27.0. The molecule has 0 aromatic heterocycles. The highest BCUT2D eigenvalue weighted by Crippen LogP contribution is 2.36. The minimum atomic E-state index is -4.64. The van der Waals surface area contributed by atoms with Crippen molar-refractivity contribution >= 4 is 6.29 Å². The number of fused-ring (bicyclic) bond motifs is 4. The summed E-state index contributed by atoms with van der Waals surface area (Å²) < 4.78 is 48.9. The van der Waals surface area contributed by atoms with Gasteiger partial charge in [0.05, 0.1) is 44.7 Å². The van der Waals surface area contributed by atoms with Crippen molar-refractivity contribution in [3.8, 4) is 11.5 Å². The number of alkyl halides is 3. The number of benzene rings is 2. The highest BCUT2D eigenvalue weighted by Gasteiger charge is 2.41. The number of nitrogens with zero attached hydrogens (tertiary/aromatic N) is 2. The van der Waals surface area contributed by atoms with Gasteiger partial charge >= 0.3 is 6.18 Å². The van der Waals surface area contributed by atoms with E-state index in [1.807, 2.05) is 12.1 Å². The Labute approximate surface area is 275 Å². The Hall–Kier alpha value is -2.74. The van der Waals surface area contributed by atoms with Gasteiger partial charge in [0.15, 0.2) is 0 Å². The molecular weight excluding hydrogens is 617 g/mol. The maximum absolute atomic E-state index is 10.4. The first-order valence-corrected chi connectivity index (χ1v) is 16.5. The molecule has 2 aromatic rings. The smallest absolute Gasteiger partial charge is 0.446 e. The summed E-state index contributed by atoms with van der Waals surface area (Å²) in [6.07, 6.45) is 0.156. The first-order chi connectivity index (χ1) is 22.5. The molecule has 2 aromatic carbocycles. The fourth-order valence-electron chi connectivity index (χ4n) is 7.33. The van der Waals surface area contributed by atoms with Gasteiger partial charge in [-0.25, -0.2) is 0 Å². The van der Waals surface area contributed by atoms with E-state index in [1.165, 1.54) is 16.7 Å². The maximum Gasteiger partial charge on any atom is 0.446 e. The van der Waals surface area contributed by atoms with Crippen molar-refractivity contribution in [2.75, 3.05) is 46.5 Å². The number of ether oxygens (including phenoxy) is 3. The van der Waals surface area contributed by atoms with Gasteiger partial charge in [-0.15, -0.1) is 0 Å². The van der Waals surface area contributed by atoms with Crippen LogP contribution in [0, 0.1) is 0 Å². The van der Waals surface area contributed by atoms with E-state index in [0.29, 0.717) is 17.8 Å². The second-order valence-corrected chi connectivity index (χ2v) is 12.6. The lowest BCUT2D eigenvalue weighted by Crippen LogP contribution is -2.58. The number of halogens is 3. The van der Waals surface area contributed by atoms with E-state index in [4.69, 9.17) is 19.0 Å². The zero-order chi connectivity index (χ0) is 34.1. The molecule has 12 heteroatoms. The molecule has 2 saturated heterocycles. The lowest BCUT2D eigenvalue weighted by molar-refractivity contribution is -0.156. The number of aliphatic hydroxyl groups is 2. The van der Waals surface area contributed by atoms with Crippen molar-refractivity contribution in [2.45, 2.75) is 95.0 Å². The minimum absolute atomic E-state index is 0.0611. The highest BCUT2D eigenvalue weighted by molar-refractivity contribution is 5.56. The summed E-state index contributed by atoms with van der Waals surface area (Å²) >= 11 is 0. The van der Waals surface area contributed by atoms with Crippen LogP contribution in [0.1, 0.15) is 48.9 Å². The van der Waals surface area contributed by atoms with Crippen LogP contribution in [0.3, 0.4) is 0 Å². The van der Waals surface area contributed by atoms with Crippen molar-refractivity contribution in [1.82, 2.24) is 9.80 Å². The van der Waals surface area contributed by atoms with Gasteiger partial charge in [-0.05, 0) is 73.2 Å². The molecule has 2 aliphatic carbocycles. The number of aliphatic hydroxyl groups excluding tert-OH is 2. The molecule has 9 nitrogen and oxygen atoms in total. The van der Waals surface area contributed by atoms with E-state index < -0.39 is 12.5 Å². The van der Waals surface area contributed by atoms with Crippen molar-refractivity contribution in [3.63, 3.8) is 0 Å². The summed E-state index contributed by atoms with van der Waals surface area (Å²) in [6, 6.07) is 12.9. The third-order valence-electron chi connectivity index (χ3n) is 9.34. The predicted octanol–water partition coefficient (Wildman–Crippen LogP) is 3.71. The summed E-state index contributed by atoms with van der Waals surface area (Å²) in [5, 5.41) is 28.9. The fraction of sp³-hybridized carbons (Fsp3) is 0.629. The second kappa shape index (κ2) is 17.1. The predicted molar refractivity (Wildman–Crippen MR) is 171 cm³/mol. The Kier molecular flexibility index (Phi) is 13.5. The third-order valence-corrected chi connectivity index (χ3v) is 9.34. The van der Waals surface area contributed by atoms with E-state index in [-0.39, 0.29) is 37.6 Å². The lowest BCUT2D eigenvalue weighted by Gasteiger charge is -2.47. The second-order valence-electron chi connectivity index (χ2n) is 12.6. The van der Waals surface area contributed by atoms with Gasteiger partial charge < -0.3 is 29.5 Å². The molecule has 4 aliphatic rings. The average Bonchev–Trinajstić information content (AvgIpc) is 3.07. The number of hydrogen-bond acceptors (Lipinski definition) is 9. The summed E-state index contributed by atoms with van der Waals surface area (Å²) in [6.45, 7) is 8.30. The van der Waals surface area contributed by atoms with Gasteiger partial charge in [0.2, 0.25) is 6.29 Å². The molecule has 262 valence electrons. The van der Waals surface area contributed by atoms with Crippen molar-refractivity contribution in [1.29, 1.82) is 0 Å². The number of carbonyl (C=O) groups is 1. The zero-order valence-electron chi connectivity index (χ0n) is 27.5. The van der Waals surface area contributed by atoms with E-state index in [1.54, 1.807) is 13.2 Å². The van der Waals surface area contributed by atoms with Crippen LogP contribution in [-0.2, 0) is 40.0 Å². The van der Waals surface area contributed by atoms with Gasteiger partial charge in [-0.2, -0.15) is 13.2 Å². The number of morpholine rings is 2. The first kappa shape index (κ1) is 37.1. The molecule has 0 spiro atoms. The van der Waals surface area contributed by atoms with Gasteiger partial charge in [0, 0.05) is 38.0 Å². The van der Waals surface area contributed by atoms with E-state index in [0.717, 1.165) is 76.0 Å². The zero-order valence-corrected chi connectivity index (χ0v) is 27.5. The number of rotatable bonds is 7. The molecule has 0 bridgehead atoms. The average molecular weight is 667 g/mol. The molecule has 2 aliphatic heterocycles. The Bertz CT molecular complexity index is 1300. The van der Waals surface area contributed by atoms with Gasteiger partial charge in [-0.1, -0.05) is 38.1 Å². The summed E-state index contributed by atoms with van der Waals surface area (Å²) in [5.74, 6) is 1.33. The van der Waals surface area contributed by atoms with Crippen molar-refractivity contribution in [2.24, 2.45) is 0 Å². The Balaban J connectivity index is 0.000000182. The topological polar surface area (TPSA) is 112 Å². The largest absolute Gasteiger partial charge is 0.508 e. The van der Waals surface area contributed by atoms with Crippen LogP contribution < -0.4 is 4.74 Å². The van der Waals surface area contributed by atoms with Gasteiger partial charge in [0.1, 0.15) is 11.5 Å². The quantitative estimate of drug-likeness (QED) is 0.381. The van der Waals surface area contributed by atoms with Crippen LogP contribution in [0.15, 0.2) is 36.4 Å². The van der Waals surface area contributed by atoms with Crippen LogP contribution in [-0.4, -0.2) is 121 Å². The molecule has 2 fully saturated rings. The number of phenols is 1. The van der Waals surface area contributed by atoms with Crippen LogP contribution >= 0.6 is 0 Å². The number of aldehydes is 1. The molecule has 3 N–H and O–H groups in total. The van der Waals surface area contributed by atoms with Crippen molar-refractivity contribution < 1.29 is 47.5 Å². The molecule has 0 amide bonds. The lowest BCUT2D eigenvalue weighted by atomic mass is 9.83. The number of carbonyl (C=O) groups excluding carboxylic acids is 1. The van der Waals surface area contributed by atoms with Crippen LogP contribution in [0.4, 0.5) is 13.2 Å². The highest BCUT2D eigenvalue weighted by atomic mass is 19.4. The van der Waals surface area contributed by atoms with Gasteiger partial charge in [0.25, 0.3) is 0 Å². The maximum atomic E-state index is 10.4. The van der Waals surface area contributed by atoms with E-state index >= 15 is 0 Å². The summed E-state index contributed by atoms with van der Waals surface area (Å²) in [4.78, 5) is 13.6. The molecule has 6 rings (SSSR count). The molecule has 0 saturated carbocycles.